The van der Waals surface area contributed by atoms with Crippen molar-refractivity contribution < 1.29 is 17.9 Å². The highest BCUT2D eigenvalue weighted by Gasteiger charge is 2.22. The van der Waals surface area contributed by atoms with Gasteiger partial charge in [-0.15, -0.1) is 0 Å². The Morgan fingerprint density at radius 1 is 1.12 bits per heavy atom. The smallest absolute Gasteiger partial charge is 0.251 e. The molecule has 0 spiro atoms. The van der Waals surface area contributed by atoms with E-state index in [0.717, 1.165) is 5.56 Å². The summed E-state index contributed by atoms with van der Waals surface area (Å²) < 4.78 is 32.6. The number of rotatable bonds is 8. The molecule has 26 heavy (non-hydrogen) atoms. The van der Waals surface area contributed by atoms with Crippen LogP contribution in [0.25, 0.3) is 0 Å². The van der Waals surface area contributed by atoms with Crippen molar-refractivity contribution in [1.29, 1.82) is 0 Å². The van der Waals surface area contributed by atoms with Crippen LogP contribution in [0.2, 0.25) is 0 Å². The zero-order chi connectivity index (χ0) is 19.2. The fourth-order valence-corrected chi connectivity index (χ4v) is 3.91. The van der Waals surface area contributed by atoms with Crippen LogP contribution in [0.4, 0.5) is 0 Å². The van der Waals surface area contributed by atoms with Gasteiger partial charge in [0, 0.05) is 18.2 Å². The van der Waals surface area contributed by atoms with Gasteiger partial charge in [0.25, 0.3) is 5.91 Å². The number of sulfonamides is 1. The number of hydrogen-bond donors (Lipinski definition) is 2. The van der Waals surface area contributed by atoms with Crippen molar-refractivity contribution in [2.24, 2.45) is 0 Å². The number of benzene rings is 2. The van der Waals surface area contributed by atoms with Gasteiger partial charge in [0.15, 0.2) is 0 Å². The van der Waals surface area contributed by atoms with E-state index in [2.05, 4.69) is 10.0 Å². The molecule has 0 atom stereocenters. The molecule has 0 aliphatic carbocycles. The molecule has 140 valence electrons. The maximum atomic E-state index is 12.5. The van der Waals surface area contributed by atoms with Crippen LogP contribution in [0, 0.1) is 0 Å². The van der Waals surface area contributed by atoms with Gasteiger partial charge in [-0.1, -0.05) is 30.3 Å². The van der Waals surface area contributed by atoms with Gasteiger partial charge in [0.05, 0.1) is 7.11 Å². The van der Waals surface area contributed by atoms with Crippen LogP contribution in [-0.4, -0.2) is 34.0 Å². The summed E-state index contributed by atoms with van der Waals surface area (Å²) in [6.07, 6.45) is 0.697. The fraction of sp³-hybridized carbons (Fsp3) is 0.316. The van der Waals surface area contributed by atoms with Gasteiger partial charge >= 0.3 is 0 Å². The number of carbonyl (C=O) groups is 1. The number of ether oxygens (including phenoxy) is 1. The summed E-state index contributed by atoms with van der Waals surface area (Å²) in [5.74, 6) is -0.136. The second kappa shape index (κ2) is 8.82. The average Bonchev–Trinajstić information content (AvgIpc) is 2.61. The van der Waals surface area contributed by atoms with Crippen molar-refractivity contribution >= 4 is 15.9 Å². The molecule has 2 aromatic rings. The molecule has 2 rings (SSSR count). The summed E-state index contributed by atoms with van der Waals surface area (Å²) in [7, 11) is -2.38. The van der Waals surface area contributed by atoms with Crippen LogP contribution in [0.3, 0.4) is 0 Å². The second-order valence-electron chi connectivity index (χ2n) is 6.13. The van der Waals surface area contributed by atoms with E-state index in [1.807, 2.05) is 30.3 Å². The molecular weight excluding hydrogens is 352 g/mol. The number of amides is 1. The maximum absolute atomic E-state index is 12.5. The minimum atomic E-state index is -3.78. The van der Waals surface area contributed by atoms with Crippen LogP contribution in [0.5, 0.6) is 5.75 Å². The lowest BCUT2D eigenvalue weighted by molar-refractivity contribution is 0.0954. The van der Waals surface area contributed by atoms with E-state index in [0.29, 0.717) is 13.0 Å². The quantitative estimate of drug-likeness (QED) is 0.741. The molecule has 0 unspecified atom stereocenters. The van der Waals surface area contributed by atoms with Crippen LogP contribution in [0.1, 0.15) is 29.8 Å². The Morgan fingerprint density at radius 3 is 2.42 bits per heavy atom. The lowest BCUT2D eigenvalue weighted by atomic mass is 10.1. The van der Waals surface area contributed by atoms with Crippen molar-refractivity contribution in [3.05, 3.63) is 59.7 Å². The summed E-state index contributed by atoms with van der Waals surface area (Å²) in [6.45, 7) is 3.91. The molecule has 0 bridgehead atoms. The first-order valence-electron chi connectivity index (χ1n) is 8.36. The molecule has 0 radical (unpaired) electrons. The van der Waals surface area contributed by atoms with Gasteiger partial charge < -0.3 is 10.1 Å². The summed E-state index contributed by atoms with van der Waals surface area (Å²) >= 11 is 0. The number of methoxy groups -OCH3 is 1. The first-order chi connectivity index (χ1) is 12.3. The van der Waals surface area contributed by atoms with E-state index in [1.165, 1.54) is 19.2 Å². The van der Waals surface area contributed by atoms with E-state index in [-0.39, 0.29) is 28.2 Å². The van der Waals surface area contributed by atoms with Crippen LogP contribution >= 0.6 is 0 Å². The SMILES string of the molecule is COc1ccc(C(=O)NCCc2ccccc2)cc1S(=O)(=O)NC(C)C. The monoisotopic (exact) mass is 376 g/mol. The van der Waals surface area contributed by atoms with Gasteiger partial charge in [-0.2, -0.15) is 0 Å². The van der Waals surface area contributed by atoms with Gasteiger partial charge in [-0.05, 0) is 44.0 Å². The Hall–Kier alpha value is -2.38. The maximum Gasteiger partial charge on any atom is 0.251 e. The largest absolute Gasteiger partial charge is 0.495 e. The molecule has 0 aromatic heterocycles. The molecule has 0 saturated heterocycles. The molecule has 0 aliphatic heterocycles. The fourth-order valence-electron chi connectivity index (χ4n) is 2.47. The highest BCUT2D eigenvalue weighted by atomic mass is 32.2. The molecule has 6 nitrogen and oxygen atoms in total. The summed E-state index contributed by atoms with van der Waals surface area (Å²) in [4.78, 5) is 12.3. The first kappa shape index (κ1) is 19.9. The number of hydrogen-bond acceptors (Lipinski definition) is 4. The Kier molecular flexibility index (Phi) is 6.76. The van der Waals surface area contributed by atoms with Crippen LogP contribution in [-0.2, 0) is 16.4 Å². The minimum Gasteiger partial charge on any atom is -0.495 e. The first-order valence-corrected chi connectivity index (χ1v) is 9.84. The third-order valence-electron chi connectivity index (χ3n) is 3.65. The van der Waals surface area contributed by atoms with Crippen LogP contribution in [0.15, 0.2) is 53.4 Å². The summed E-state index contributed by atoms with van der Waals surface area (Å²) in [6, 6.07) is 13.9. The van der Waals surface area contributed by atoms with Crippen molar-refractivity contribution in [2.45, 2.75) is 31.2 Å². The second-order valence-corrected chi connectivity index (χ2v) is 7.82. The molecule has 0 aliphatic rings. The Labute approximate surface area is 154 Å². The molecule has 2 N–H and O–H groups in total. The lowest BCUT2D eigenvalue weighted by Gasteiger charge is -2.14. The molecule has 0 saturated carbocycles. The zero-order valence-electron chi connectivity index (χ0n) is 15.2. The zero-order valence-corrected chi connectivity index (χ0v) is 16.0. The molecule has 1 amide bonds. The van der Waals surface area contributed by atoms with E-state index >= 15 is 0 Å². The standard InChI is InChI=1S/C19H24N2O4S/c1-14(2)21-26(23,24)18-13-16(9-10-17(18)25-3)19(22)20-12-11-15-7-5-4-6-8-15/h4-10,13-14,21H,11-12H2,1-3H3,(H,20,22). The highest BCUT2D eigenvalue weighted by Crippen LogP contribution is 2.25. The van der Waals surface area contributed by atoms with Crippen molar-refractivity contribution in [3.8, 4) is 5.75 Å². The molecule has 0 heterocycles. The van der Waals surface area contributed by atoms with Crippen molar-refractivity contribution in [3.63, 3.8) is 0 Å². The normalized spacial score (nSPS) is 11.4. The molecular formula is C19H24N2O4S. The van der Waals surface area contributed by atoms with Crippen molar-refractivity contribution in [2.75, 3.05) is 13.7 Å². The summed E-state index contributed by atoms with van der Waals surface area (Å²) in [5, 5.41) is 2.81. The molecule has 2 aromatic carbocycles. The minimum absolute atomic E-state index is 0.0515. The topological polar surface area (TPSA) is 84.5 Å². The number of carbonyl (C=O) groups excluding carboxylic acids is 1. The van der Waals surface area contributed by atoms with E-state index in [1.54, 1.807) is 19.9 Å². The van der Waals surface area contributed by atoms with E-state index < -0.39 is 10.0 Å². The average molecular weight is 376 g/mol. The van der Waals surface area contributed by atoms with Crippen molar-refractivity contribution in [1.82, 2.24) is 10.0 Å². The predicted octanol–water partition coefficient (Wildman–Crippen LogP) is 2.35. The van der Waals surface area contributed by atoms with E-state index in [9.17, 15) is 13.2 Å². The van der Waals surface area contributed by atoms with E-state index in [4.69, 9.17) is 4.74 Å². The van der Waals surface area contributed by atoms with Gasteiger partial charge in [-0.3, -0.25) is 4.79 Å². The molecule has 7 heteroatoms. The summed E-state index contributed by atoms with van der Waals surface area (Å²) in [5.41, 5.74) is 1.38. The van der Waals surface area contributed by atoms with Crippen LogP contribution < -0.4 is 14.8 Å². The lowest BCUT2D eigenvalue weighted by Crippen LogP contribution is -2.31. The Bertz CT molecular complexity index is 849. The number of nitrogens with one attached hydrogen (secondary N) is 2. The Balaban J connectivity index is 2.14. The van der Waals surface area contributed by atoms with Gasteiger partial charge in [-0.25, -0.2) is 13.1 Å². The third kappa shape index (κ3) is 5.31. The van der Waals surface area contributed by atoms with Gasteiger partial charge in [0.2, 0.25) is 10.0 Å². The molecule has 0 fully saturated rings. The third-order valence-corrected chi connectivity index (χ3v) is 5.33. The van der Waals surface area contributed by atoms with Gasteiger partial charge in [0.1, 0.15) is 10.6 Å². The predicted molar refractivity (Wildman–Crippen MR) is 101 cm³/mol. The Morgan fingerprint density at radius 2 is 1.81 bits per heavy atom. The highest BCUT2D eigenvalue weighted by molar-refractivity contribution is 7.89.